The number of rotatable bonds is 3. The fourth-order valence-electron chi connectivity index (χ4n) is 1.28. The van der Waals surface area contributed by atoms with Gasteiger partial charge in [-0.05, 0) is 46.3 Å². The van der Waals surface area contributed by atoms with Gasteiger partial charge in [-0.2, -0.15) is 0 Å². The van der Waals surface area contributed by atoms with Crippen LogP contribution in [0, 0.1) is 0 Å². The molecule has 0 spiro atoms. The van der Waals surface area contributed by atoms with Crippen LogP contribution in [0.15, 0.2) is 52.1 Å². The van der Waals surface area contributed by atoms with E-state index >= 15 is 0 Å². The summed E-state index contributed by atoms with van der Waals surface area (Å²) in [6.07, 6.45) is 2.80. The normalized spacial score (nSPS) is 11.2. The van der Waals surface area contributed by atoms with E-state index in [-0.39, 0.29) is 4.90 Å². The summed E-state index contributed by atoms with van der Waals surface area (Å²) >= 11 is 9.07. The second-order valence-corrected chi connectivity index (χ2v) is 6.37. The van der Waals surface area contributed by atoms with Crippen molar-refractivity contribution in [2.24, 2.45) is 0 Å². The Morgan fingerprint density at radius 1 is 1.28 bits per heavy atom. The predicted octanol–water partition coefficient (Wildman–Crippen LogP) is 3.30. The van der Waals surface area contributed by atoms with Gasteiger partial charge in [0.2, 0.25) is 0 Å². The third-order valence-corrected chi connectivity index (χ3v) is 4.70. The molecule has 0 atom stereocenters. The highest BCUT2D eigenvalue weighted by molar-refractivity contribution is 9.10. The Morgan fingerprint density at radius 2 is 2.06 bits per heavy atom. The first-order valence-electron chi connectivity index (χ1n) is 4.87. The van der Waals surface area contributed by atoms with Gasteiger partial charge in [-0.3, -0.25) is 9.71 Å². The minimum atomic E-state index is -3.62. The zero-order valence-corrected chi connectivity index (χ0v) is 12.1. The molecule has 1 N–H and O–H groups in total. The molecule has 0 saturated carbocycles. The Labute approximate surface area is 118 Å². The average Bonchev–Trinajstić information content (AvgIpc) is 2.35. The topological polar surface area (TPSA) is 59.1 Å². The van der Waals surface area contributed by atoms with Crippen LogP contribution >= 0.6 is 27.5 Å². The third-order valence-electron chi connectivity index (χ3n) is 2.12. The molecular weight excluding hydrogens is 340 g/mol. The first-order chi connectivity index (χ1) is 8.49. The van der Waals surface area contributed by atoms with Crippen molar-refractivity contribution < 1.29 is 8.42 Å². The Kier molecular flexibility index (Phi) is 3.89. The second kappa shape index (κ2) is 5.26. The van der Waals surface area contributed by atoms with E-state index < -0.39 is 10.0 Å². The summed E-state index contributed by atoms with van der Waals surface area (Å²) < 4.78 is 27.1. The molecule has 0 bridgehead atoms. The van der Waals surface area contributed by atoms with E-state index in [1.165, 1.54) is 18.5 Å². The quantitative estimate of drug-likeness (QED) is 0.927. The summed E-state index contributed by atoms with van der Waals surface area (Å²) in [7, 11) is -3.62. The Bertz CT molecular complexity index is 662. The van der Waals surface area contributed by atoms with Crippen molar-refractivity contribution in [1.29, 1.82) is 0 Å². The number of hydrogen-bond acceptors (Lipinski definition) is 3. The molecule has 0 amide bonds. The van der Waals surface area contributed by atoms with Gasteiger partial charge in [0.15, 0.2) is 0 Å². The van der Waals surface area contributed by atoms with Crippen LogP contribution in [0.25, 0.3) is 0 Å². The maximum absolute atomic E-state index is 12.0. The smallest absolute Gasteiger partial charge is 0.263 e. The highest BCUT2D eigenvalue weighted by atomic mass is 79.9. The van der Waals surface area contributed by atoms with Crippen LogP contribution in [-0.4, -0.2) is 13.4 Å². The van der Waals surface area contributed by atoms with Gasteiger partial charge >= 0.3 is 0 Å². The van der Waals surface area contributed by atoms with E-state index in [9.17, 15) is 8.42 Å². The minimum Gasteiger partial charge on any atom is -0.280 e. The van der Waals surface area contributed by atoms with Crippen molar-refractivity contribution in [3.05, 3.63) is 52.2 Å². The fraction of sp³-hybridized carbons (Fsp3) is 0. The monoisotopic (exact) mass is 346 g/mol. The van der Waals surface area contributed by atoms with Crippen molar-refractivity contribution in [3.8, 4) is 0 Å². The fourth-order valence-corrected chi connectivity index (χ4v) is 2.79. The molecule has 4 nitrogen and oxygen atoms in total. The molecule has 2 aromatic rings. The van der Waals surface area contributed by atoms with Crippen molar-refractivity contribution in [3.63, 3.8) is 0 Å². The summed E-state index contributed by atoms with van der Waals surface area (Å²) in [6, 6.07) is 7.82. The summed E-state index contributed by atoms with van der Waals surface area (Å²) in [5, 5.41) is 0.513. The molecule has 94 valence electrons. The standard InChI is InChI=1S/C11H8BrClN2O2S/c12-10-6-8(3-4-11(10)13)15-18(16,17)9-2-1-5-14-7-9/h1-7,15H. The van der Waals surface area contributed by atoms with Gasteiger partial charge in [0.05, 0.1) is 10.7 Å². The average molecular weight is 348 g/mol. The lowest BCUT2D eigenvalue weighted by Gasteiger charge is -2.08. The molecule has 1 heterocycles. The van der Waals surface area contributed by atoms with Crippen LogP contribution in [0.1, 0.15) is 0 Å². The van der Waals surface area contributed by atoms with Crippen LogP contribution in [0.4, 0.5) is 5.69 Å². The summed E-state index contributed by atoms with van der Waals surface area (Å²) in [4.78, 5) is 3.88. The SMILES string of the molecule is O=S(=O)(Nc1ccc(Cl)c(Br)c1)c1cccnc1. The number of sulfonamides is 1. The van der Waals surface area contributed by atoms with E-state index in [0.29, 0.717) is 15.2 Å². The summed E-state index contributed by atoms with van der Waals surface area (Å²) in [6.45, 7) is 0. The number of halogens is 2. The maximum atomic E-state index is 12.0. The first kappa shape index (κ1) is 13.3. The Balaban J connectivity index is 2.31. The third kappa shape index (κ3) is 3.01. The zero-order chi connectivity index (χ0) is 13.2. The van der Waals surface area contributed by atoms with Crippen molar-refractivity contribution in [1.82, 2.24) is 4.98 Å². The number of benzene rings is 1. The molecule has 18 heavy (non-hydrogen) atoms. The predicted molar refractivity (Wildman–Crippen MR) is 74.2 cm³/mol. The Morgan fingerprint density at radius 3 is 2.67 bits per heavy atom. The van der Waals surface area contributed by atoms with E-state index in [0.717, 1.165) is 0 Å². The highest BCUT2D eigenvalue weighted by Crippen LogP contribution is 2.26. The molecule has 0 aliphatic heterocycles. The van der Waals surface area contributed by atoms with Gasteiger partial charge in [-0.1, -0.05) is 11.6 Å². The number of anilines is 1. The van der Waals surface area contributed by atoms with Crippen LogP contribution in [0.3, 0.4) is 0 Å². The first-order valence-corrected chi connectivity index (χ1v) is 7.52. The van der Waals surface area contributed by atoms with Crippen LogP contribution in [-0.2, 0) is 10.0 Å². The number of hydrogen-bond donors (Lipinski definition) is 1. The molecule has 0 radical (unpaired) electrons. The highest BCUT2D eigenvalue weighted by Gasteiger charge is 2.14. The van der Waals surface area contributed by atoms with Crippen LogP contribution in [0.5, 0.6) is 0 Å². The van der Waals surface area contributed by atoms with Gasteiger partial charge in [0.25, 0.3) is 10.0 Å². The lowest BCUT2D eigenvalue weighted by Crippen LogP contribution is -2.13. The van der Waals surface area contributed by atoms with Gasteiger partial charge in [0.1, 0.15) is 4.90 Å². The lowest BCUT2D eigenvalue weighted by atomic mass is 10.3. The lowest BCUT2D eigenvalue weighted by molar-refractivity contribution is 0.601. The summed E-state index contributed by atoms with van der Waals surface area (Å²) in [5.74, 6) is 0. The van der Waals surface area contributed by atoms with Crippen LogP contribution in [0.2, 0.25) is 5.02 Å². The number of nitrogens with zero attached hydrogens (tertiary/aromatic N) is 1. The molecule has 1 aromatic heterocycles. The van der Waals surface area contributed by atoms with E-state index in [4.69, 9.17) is 11.6 Å². The van der Waals surface area contributed by atoms with E-state index in [1.54, 1.807) is 24.3 Å². The molecular formula is C11H8BrClN2O2S. The largest absolute Gasteiger partial charge is 0.280 e. The van der Waals surface area contributed by atoms with Crippen molar-refractivity contribution in [2.45, 2.75) is 4.90 Å². The molecule has 1 aromatic carbocycles. The molecule has 0 saturated heterocycles. The van der Waals surface area contributed by atoms with Gasteiger partial charge in [0, 0.05) is 16.9 Å². The molecule has 0 aliphatic rings. The number of aromatic nitrogens is 1. The van der Waals surface area contributed by atoms with Gasteiger partial charge in [-0.25, -0.2) is 8.42 Å². The van der Waals surface area contributed by atoms with E-state index in [1.807, 2.05) is 0 Å². The molecule has 0 fully saturated rings. The second-order valence-electron chi connectivity index (χ2n) is 3.42. The summed E-state index contributed by atoms with van der Waals surface area (Å²) in [5.41, 5.74) is 0.426. The van der Waals surface area contributed by atoms with Crippen molar-refractivity contribution in [2.75, 3.05) is 4.72 Å². The van der Waals surface area contributed by atoms with Gasteiger partial charge in [-0.15, -0.1) is 0 Å². The van der Waals surface area contributed by atoms with Gasteiger partial charge < -0.3 is 0 Å². The molecule has 7 heteroatoms. The van der Waals surface area contributed by atoms with E-state index in [2.05, 4.69) is 25.6 Å². The number of nitrogens with one attached hydrogen (secondary N) is 1. The Hall–Kier alpha value is -1.11. The van der Waals surface area contributed by atoms with Crippen molar-refractivity contribution >= 4 is 43.2 Å². The minimum absolute atomic E-state index is 0.107. The number of pyridine rings is 1. The molecule has 0 aliphatic carbocycles. The maximum Gasteiger partial charge on any atom is 0.263 e. The zero-order valence-electron chi connectivity index (χ0n) is 8.97. The molecule has 0 unspecified atom stereocenters. The van der Waals surface area contributed by atoms with Crippen LogP contribution < -0.4 is 4.72 Å². The molecule has 2 rings (SSSR count).